The van der Waals surface area contributed by atoms with Crippen LogP contribution in [0.25, 0.3) is 0 Å². The van der Waals surface area contributed by atoms with E-state index in [1.54, 1.807) is 6.33 Å². The standard InChI is InChI=1S/C13H24N4/c1-10(2)12-6-13(16-9-15-12)17(5)8-11(3)7-14-4/h6,9-11,14H,7-8H2,1-5H3. The Bertz CT molecular complexity index is 338. The van der Waals surface area contributed by atoms with Gasteiger partial charge in [0.15, 0.2) is 0 Å². The van der Waals surface area contributed by atoms with Gasteiger partial charge in [0, 0.05) is 25.4 Å². The minimum Gasteiger partial charge on any atom is -0.359 e. The lowest BCUT2D eigenvalue weighted by Gasteiger charge is -2.22. The summed E-state index contributed by atoms with van der Waals surface area (Å²) in [6.45, 7) is 8.55. The van der Waals surface area contributed by atoms with Gasteiger partial charge in [-0.15, -0.1) is 0 Å². The molecule has 0 saturated carbocycles. The lowest BCUT2D eigenvalue weighted by molar-refractivity contribution is 0.540. The maximum absolute atomic E-state index is 4.33. The molecule has 0 aliphatic carbocycles. The van der Waals surface area contributed by atoms with Crippen molar-refractivity contribution < 1.29 is 0 Å². The molecule has 1 rings (SSSR count). The van der Waals surface area contributed by atoms with Crippen LogP contribution in [0.5, 0.6) is 0 Å². The van der Waals surface area contributed by atoms with Crippen LogP contribution < -0.4 is 10.2 Å². The third-order valence-electron chi connectivity index (χ3n) is 2.79. The van der Waals surface area contributed by atoms with Crippen LogP contribution in [0.2, 0.25) is 0 Å². The summed E-state index contributed by atoms with van der Waals surface area (Å²) in [5.41, 5.74) is 1.10. The third kappa shape index (κ3) is 4.30. The number of hydrogen-bond donors (Lipinski definition) is 1. The first-order valence-electron chi connectivity index (χ1n) is 6.22. The molecule has 0 amide bonds. The maximum atomic E-state index is 4.33. The number of anilines is 1. The highest BCUT2D eigenvalue weighted by Crippen LogP contribution is 2.16. The molecule has 1 aromatic heterocycles. The average molecular weight is 236 g/mol. The number of nitrogens with zero attached hydrogens (tertiary/aromatic N) is 3. The summed E-state index contributed by atoms with van der Waals surface area (Å²) >= 11 is 0. The summed E-state index contributed by atoms with van der Waals surface area (Å²) < 4.78 is 0. The Morgan fingerprint density at radius 1 is 1.29 bits per heavy atom. The van der Waals surface area contributed by atoms with Crippen molar-refractivity contribution in [3.05, 3.63) is 18.1 Å². The molecule has 1 heterocycles. The molecule has 96 valence electrons. The molecular weight excluding hydrogens is 212 g/mol. The normalized spacial score (nSPS) is 12.8. The number of rotatable bonds is 6. The molecule has 0 fully saturated rings. The van der Waals surface area contributed by atoms with Gasteiger partial charge in [0.1, 0.15) is 12.1 Å². The summed E-state index contributed by atoms with van der Waals surface area (Å²) in [7, 11) is 4.07. The second-order valence-electron chi connectivity index (χ2n) is 5.00. The fourth-order valence-electron chi connectivity index (χ4n) is 1.86. The number of hydrogen-bond acceptors (Lipinski definition) is 4. The average Bonchev–Trinajstić information content (AvgIpc) is 2.29. The Morgan fingerprint density at radius 2 is 2.00 bits per heavy atom. The molecule has 1 atom stereocenters. The fourth-order valence-corrected chi connectivity index (χ4v) is 1.86. The second kappa shape index (κ2) is 6.55. The monoisotopic (exact) mass is 236 g/mol. The van der Waals surface area contributed by atoms with E-state index >= 15 is 0 Å². The number of nitrogens with one attached hydrogen (secondary N) is 1. The summed E-state index contributed by atoms with van der Waals surface area (Å²) in [6.07, 6.45) is 1.66. The van der Waals surface area contributed by atoms with Crippen molar-refractivity contribution in [2.24, 2.45) is 5.92 Å². The predicted molar refractivity (Wildman–Crippen MR) is 72.5 cm³/mol. The van der Waals surface area contributed by atoms with E-state index in [0.717, 1.165) is 24.6 Å². The first-order valence-corrected chi connectivity index (χ1v) is 6.22. The van der Waals surface area contributed by atoms with Crippen molar-refractivity contribution in [3.8, 4) is 0 Å². The smallest absolute Gasteiger partial charge is 0.131 e. The van der Waals surface area contributed by atoms with Crippen LogP contribution in [0, 0.1) is 5.92 Å². The highest BCUT2D eigenvalue weighted by atomic mass is 15.2. The van der Waals surface area contributed by atoms with E-state index in [0.29, 0.717) is 11.8 Å². The Morgan fingerprint density at radius 3 is 2.59 bits per heavy atom. The Hall–Kier alpha value is -1.16. The van der Waals surface area contributed by atoms with Gasteiger partial charge in [0.05, 0.1) is 0 Å². The molecule has 0 aliphatic heterocycles. The van der Waals surface area contributed by atoms with Crippen molar-refractivity contribution >= 4 is 5.82 Å². The maximum Gasteiger partial charge on any atom is 0.131 e. The zero-order chi connectivity index (χ0) is 12.8. The van der Waals surface area contributed by atoms with Gasteiger partial charge in [-0.3, -0.25) is 0 Å². The lowest BCUT2D eigenvalue weighted by Crippen LogP contribution is -2.30. The first-order chi connectivity index (χ1) is 8.04. The highest BCUT2D eigenvalue weighted by molar-refractivity contribution is 5.38. The van der Waals surface area contributed by atoms with E-state index in [9.17, 15) is 0 Å². The van der Waals surface area contributed by atoms with Crippen LogP contribution in [0.15, 0.2) is 12.4 Å². The van der Waals surface area contributed by atoms with E-state index in [1.165, 1.54) is 0 Å². The van der Waals surface area contributed by atoms with E-state index in [1.807, 2.05) is 7.05 Å². The van der Waals surface area contributed by atoms with E-state index in [2.05, 4.69) is 54.1 Å². The van der Waals surface area contributed by atoms with E-state index in [-0.39, 0.29) is 0 Å². The van der Waals surface area contributed by atoms with Crippen molar-refractivity contribution in [3.63, 3.8) is 0 Å². The van der Waals surface area contributed by atoms with Gasteiger partial charge in [0.2, 0.25) is 0 Å². The zero-order valence-corrected chi connectivity index (χ0v) is 11.6. The fraction of sp³-hybridized carbons (Fsp3) is 0.692. The van der Waals surface area contributed by atoms with Gasteiger partial charge >= 0.3 is 0 Å². The van der Waals surface area contributed by atoms with Gasteiger partial charge in [-0.05, 0) is 25.4 Å². The molecule has 0 aliphatic rings. The van der Waals surface area contributed by atoms with Crippen LogP contribution in [0.4, 0.5) is 5.82 Å². The topological polar surface area (TPSA) is 41.0 Å². The van der Waals surface area contributed by atoms with Crippen molar-refractivity contribution in [2.75, 3.05) is 32.1 Å². The Labute approximate surface area is 104 Å². The molecule has 0 radical (unpaired) electrons. The van der Waals surface area contributed by atoms with Crippen LogP contribution in [0.1, 0.15) is 32.4 Å². The molecule has 1 aromatic rings. The van der Waals surface area contributed by atoms with Gasteiger partial charge < -0.3 is 10.2 Å². The quantitative estimate of drug-likeness (QED) is 0.819. The zero-order valence-electron chi connectivity index (χ0n) is 11.6. The molecule has 0 aromatic carbocycles. The minimum absolute atomic E-state index is 0.444. The van der Waals surface area contributed by atoms with Crippen LogP contribution in [-0.4, -0.2) is 37.2 Å². The Balaban J connectivity index is 2.68. The SMILES string of the molecule is CNCC(C)CN(C)c1cc(C(C)C)ncn1. The van der Waals surface area contributed by atoms with Crippen LogP contribution in [0.3, 0.4) is 0 Å². The van der Waals surface area contributed by atoms with Crippen LogP contribution in [-0.2, 0) is 0 Å². The summed E-state index contributed by atoms with van der Waals surface area (Å²) in [5, 5.41) is 3.19. The van der Waals surface area contributed by atoms with Crippen molar-refractivity contribution in [1.82, 2.24) is 15.3 Å². The van der Waals surface area contributed by atoms with Gasteiger partial charge in [-0.1, -0.05) is 20.8 Å². The van der Waals surface area contributed by atoms with Gasteiger partial charge in [-0.2, -0.15) is 0 Å². The predicted octanol–water partition coefficient (Wildman–Crippen LogP) is 1.89. The molecular formula is C13H24N4. The molecule has 1 unspecified atom stereocenters. The summed E-state index contributed by atoms with van der Waals surface area (Å²) in [6, 6.07) is 2.08. The largest absolute Gasteiger partial charge is 0.359 e. The minimum atomic E-state index is 0.444. The van der Waals surface area contributed by atoms with Crippen LogP contribution >= 0.6 is 0 Å². The molecule has 4 nitrogen and oxygen atoms in total. The Kier molecular flexibility index (Phi) is 5.35. The first kappa shape index (κ1) is 13.9. The third-order valence-corrected chi connectivity index (χ3v) is 2.79. The number of aromatic nitrogens is 2. The van der Waals surface area contributed by atoms with Gasteiger partial charge in [-0.25, -0.2) is 9.97 Å². The van der Waals surface area contributed by atoms with Crippen molar-refractivity contribution in [2.45, 2.75) is 26.7 Å². The molecule has 4 heteroatoms. The van der Waals surface area contributed by atoms with Crippen molar-refractivity contribution in [1.29, 1.82) is 0 Å². The summed E-state index contributed by atoms with van der Waals surface area (Å²) in [4.78, 5) is 10.8. The second-order valence-corrected chi connectivity index (χ2v) is 5.00. The molecule has 0 spiro atoms. The van der Waals surface area contributed by atoms with E-state index in [4.69, 9.17) is 0 Å². The summed E-state index contributed by atoms with van der Waals surface area (Å²) in [5.74, 6) is 2.05. The molecule has 0 bridgehead atoms. The molecule has 17 heavy (non-hydrogen) atoms. The van der Waals surface area contributed by atoms with E-state index < -0.39 is 0 Å². The lowest BCUT2D eigenvalue weighted by atomic mass is 10.1. The molecule has 1 N–H and O–H groups in total. The van der Waals surface area contributed by atoms with Gasteiger partial charge in [0.25, 0.3) is 0 Å². The highest BCUT2D eigenvalue weighted by Gasteiger charge is 2.09. The molecule has 0 saturated heterocycles.